The summed E-state index contributed by atoms with van der Waals surface area (Å²) in [7, 11) is 9.47. The van der Waals surface area contributed by atoms with E-state index in [-0.39, 0.29) is 0 Å². The topological polar surface area (TPSA) is 0 Å². The zero-order chi connectivity index (χ0) is 9.78. The van der Waals surface area contributed by atoms with Crippen LogP contribution in [-0.2, 0) is 12.9 Å². The zero-order valence-corrected chi connectivity index (χ0v) is 9.68. The maximum atomic E-state index is 4.73. The van der Waals surface area contributed by atoms with Gasteiger partial charge in [-0.05, 0) is 12.8 Å². The van der Waals surface area contributed by atoms with E-state index in [0.29, 0.717) is 12.9 Å². The fourth-order valence-electron chi connectivity index (χ4n) is 0.786. The Hall–Kier alpha value is 0.0465. The molecule has 3 heteroatoms. The molecule has 0 amide bonds. The van der Waals surface area contributed by atoms with E-state index in [1.807, 2.05) is 0 Å². The minimum atomic E-state index is 0.382. The predicted molar refractivity (Wildman–Crippen MR) is 57.5 cm³/mol. The van der Waals surface area contributed by atoms with Crippen LogP contribution >= 0.6 is 20.3 Å². The summed E-state index contributed by atoms with van der Waals surface area (Å²) < 4.78 is 0. The van der Waals surface area contributed by atoms with Gasteiger partial charge in [0.05, 0.1) is 0 Å². The molecule has 2 aliphatic carbocycles. The SMILES string of the molecule is C1=CCC=C1.C1=CCC=C1.[Cl][Co][Cl]. The molecule has 0 unspecified atom stereocenters. The van der Waals surface area contributed by atoms with Gasteiger partial charge in [-0.3, -0.25) is 0 Å². The van der Waals surface area contributed by atoms with Crippen LogP contribution in [0.2, 0.25) is 0 Å². The second kappa shape index (κ2) is 12.0. The van der Waals surface area contributed by atoms with E-state index in [1.54, 1.807) is 0 Å². The standard InChI is InChI=1S/2C5H6.2ClH.Co/c2*1-2-4-5-3-1;;;/h2*1-4H,5H2;2*1H;/q;;;;+2/p-2. The van der Waals surface area contributed by atoms with Gasteiger partial charge in [-0.25, -0.2) is 0 Å². The third kappa shape index (κ3) is 12.0. The van der Waals surface area contributed by atoms with Crippen molar-refractivity contribution in [2.24, 2.45) is 0 Å². The van der Waals surface area contributed by atoms with E-state index >= 15 is 0 Å². The molecule has 0 radical (unpaired) electrons. The Morgan fingerprint density at radius 3 is 1.00 bits per heavy atom. The Kier molecular flexibility index (Phi) is 12.1. The summed E-state index contributed by atoms with van der Waals surface area (Å²) in [6, 6.07) is 0. The summed E-state index contributed by atoms with van der Waals surface area (Å²) in [5.41, 5.74) is 0. The van der Waals surface area contributed by atoms with Gasteiger partial charge < -0.3 is 0 Å². The first-order valence-corrected chi connectivity index (χ1v) is 6.75. The molecule has 0 aromatic rings. The van der Waals surface area contributed by atoms with Crippen molar-refractivity contribution in [1.82, 2.24) is 0 Å². The second-order valence-corrected chi connectivity index (χ2v) is 3.95. The van der Waals surface area contributed by atoms with Gasteiger partial charge in [0.25, 0.3) is 0 Å². The van der Waals surface area contributed by atoms with Crippen LogP contribution in [-0.4, -0.2) is 0 Å². The molecule has 0 nitrogen and oxygen atoms in total. The van der Waals surface area contributed by atoms with Gasteiger partial charge in [-0.15, -0.1) is 0 Å². The van der Waals surface area contributed by atoms with Crippen LogP contribution in [0.25, 0.3) is 0 Å². The zero-order valence-electron chi connectivity index (χ0n) is 7.12. The number of allylic oxidation sites excluding steroid dienone is 8. The Labute approximate surface area is 94.5 Å². The van der Waals surface area contributed by atoms with E-state index in [2.05, 4.69) is 48.6 Å². The molecule has 0 aromatic heterocycles. The minimum absolute atomic E-state index is 0.382. The van der Waals surface area contributed by atoms with Crippen LogP contribution in [0.3, 0.4) is 0 Å². The second-order valence-electron chi connectivity index (χ2n) is 2.23. The number of rotatable bonds is 0. The fourth-order valence-corrected chi connectivity index (χ4v) is 0.786. The van der Waals surface area contributed by atoms with Crippen molar-refractivity contribution in [1.29, 1.82) is 0 Å². The first kappa shape index (κ1) is 13.0. The summed E-state index contributed by atoms with van der Waals surface area (Å²) in [4.78, 5) is 0. The molecular weight excluding hydrogens is 250 g/mol. The summed E-state index contributed by atoms with van der Waals surface area (Å²) in [6.07, 6.45) is 19.0. The summed E-state index contributed by atoms with van der Waals surface area (Å²) in [5.74, 6) is 0. The molecule has 0 aromatic carbocycles. The average molecular weight is 262 g/mol. The van der Waals surface area contributed by atoms with Gasteiger partial charge in [-0.2, -0.15) is 0 Å². The van der Waals surface area contributed by atoms with Crippen molar-refractivity contribution in [3.63, 3.8) is 0 Å². The van der Waals surface area contributed by atoms with Gasteiger partial charge in [0, 0.05) is 0 Å². The molecule has 0 N–H and O–H groups in total. The van der Waals surface area contributed by atoms with Gasteiger partial charge in [0.2, 0.25) is 0 Å². The van der Waals surface area contributed by atoms with E-state index in [1.165, 1.54) is 0 Å². The van der Waals surface area contributed by atoms with Crippen molar-refractivity contribution in [2.75, 3.05) is 0 Å². The molecular formula is C10H12Cl2Co. The summed E-state index contributed by atoms with van der Waals surface area (Å²) >= 11 is 0.382. The first-order valence-electron chi connectivity index (χ1n) is 3.88. The molecule has 0 aliphatic heterocycles. The molecule has 75 valence electrons. The predicted octanol–water partition coefficient (Wildman–Crippen LogP) is 4.38. The fraction of sp³-hybridized carbons (Fsp3) is 0.200. The van der Waals surface area contributed by atoms with E-state index in [0.717, 1.165) is 12.8 Å². The van der Waals surface area contributed by atoms with E-state index in [9.17, 15) is 0 Å². The van der Waals surface area contributed by atoms with Crippen LogP contribution in [0, 0.1) is 0 Å². The maximum absolute atomic E-state index is 4.73. The van der Waals surface area contributed by atoms with Crippen LogP contribution in [0.15, 0.2) is 48.6 Å². The van der Waals surface area contributed by atoms with Gasteiger partial charge in [0.15, 0.2) is 0 Å². The number of hydrogen-bond acceptors (Lipinski definition) is 0. The molecule has 0 bridgehead atoms. The van der Waals surface area contributed by atoms with E-state index < -0.39 is 0 Å². The van der Waals surface area contributed by atoms with Crippen LogP contribution < -0.4 is 0 Å². The molecule has 13 heavy (non-hydrogen) atoms. The van der Waals surface area contributed by atoms with Crippen molar-refractivity contribution in [2.45, 2.75) is 12.8 Å². The Morgan fingerprint density at radius 2 is 0.923 bits per heavy atom. The quantitative estimate of drug-likeness (QED) is 0.607. The third-order valence-corrected chi connectivity index (χ3v) is 1.31. The average Bonchev–Trinajstić information content (AvgIpc) is 2.85. The number of hydrogen-bond donors (Lipinski definition) is 0. The first-order chi connectivity index (χ1) is 6.41. The van der Waals surface area contributed by atoms with Gasteiger partial charge in [-0.1, -0.05) is 48.6 Å². The normalized spacial score (nSPS) is 15.2. The Balaban J connectivity index is 0.000000174. The van der Waals surface area contributed by atoms with Crippen molar-refractivity contribution >= 4 is 20.3 Å². The molecule has 0 atom stereocenters. The molecule has 0 saturated heterocycles. The Bertz CT molecular complexity index is 163. The van der Waals surface area contributed by atoms with Gasteiger partial charge in [0.1, 0.15) is 0 Å². The van der Waals surface area contributed by atoms with Gasteiger partial charge >= 0.3 is 33.2 Å². The summed E-state index contributed by atoms with van der Waals surface area (Å²) in [6.45, 7) is 0. The molecule has 0 saturated carbocycles. The molecule has 2 aliphatic rings. The molecule has 0 fully saturated rings. The molecule has 0 heterocycles. The number of halogens is 2. The van der Waals surface area contributed by atoms with Crippen molar-refractivity contribution < 1.29 is 12.9 Å². The van der Waals surface area contributed by atoms with E-state index in [4.69, 9.17) is 20.3 Å². The van der Waals surface area contributed by atoms with Crippen LogP contribution in [0.1, 0.15) is 12.8 Å². The Morgan fingerprint density at radius 1 is 0.692 bits per heavy atom. The monoisotopic (exact) mass is 261 g/mol. The van der Waals surface area contributed by atoms with Crippen molar-refractivity contribution in [3.8, 4) is 0 Å². The van der Waals surface area contributed by atoms with Crippen molar-refractivity contribution in [3.05, 3.63) is 48.6 Å². The molecule has 2 rings (SSSR count). The third-order valence-electron chi connectivity index (χ3n) is 1.31. The van der Waals surface area contributed by atoms with Crippen LogP contribution in [0.4, 0.5) is 0 Å². The summed E-state index contributed by atoms with van der Waals surface area (Å²) in [5, 5.41) is 0. The molecule has 0 spiro atoms. The van der Waals surface area contributed by atoms with Crippen LogP contribution in [0.5, 0.6) is 0 Å².